The average molecular weight is 352 g/mol. The van der Waals surface area contributed by atoms with Crippen molar-refractivity contribution in [1.29, 1.82) is 0 Å². The van der Waals surface area contributed by atoms with Gasteiger partial charge >= 0.3 is 0 Å². The maximum atomic E-state index is 12.4. The van der Waals surface area contributed by atoms with Gasteiger partial charge in [-0.1, -0.05) is 17.3 Å². The molecule has 1 amide bonds. The largest absolute Gasteiger partial charge is 0.356 e. The quantitative estimate of drug-likeness (QED) is 0.778. The minimum absolute atomic E-state index is 0.0532. The van der Waals surface area contributed by atoms with Gasteiger partial charge in [0, 0.05) is 23.7 Å². The van der Waals surface area contributed by atoms with Gasteiger partial charge in [0.05, 0.1) is 12.5 Å². The molecule has 2 heterocycles. The van der Waals surface area contributed by atoms with Gasteiger partial charge in [0.1, 0.15) is 5.69 Å². The molecule has 1 saturated carbocycles. The fraction of sp³-hybridized carbons (Fsp3) is 0.368. The molecule has 1 aliphatic rings. The molecule has 26 heavy (non-hydrogen) atoms. The second-order valence-corrected chi connectivity index (χ2v) is 6.68. The number of aromatic nitrogens is 3. The number of nitrogens with one attached hydrogen (secondary N) is 1. The number of carbonyl (C=O) groups is 1. The zero-order chi connectivity index (χ0) is 17.9. The summed E-state index contributed by atoms with van der Waals surface area (Å²) in [6, 6.07) is 10.9. The van der Waals surface area contributed by atoms with Crippen molar-refractivity contribution in [2.45, 2.75) is 44.2 Å². The fourth-order valence-electron chi connectivity index (χ4n) is 3.60. The highest BCUT2D eigenvalue weighted by molar-refractivity contribution is 5.86. The first kappa shape index (κ1) is 16.5. The number of hydrogen-bond donors (Lipinski definition) is 1. The number of rotatable bonds is 4. The lowest BCUT2D eigenvalue weighted by molar-refractivity contribution is -0.121. The minimum Gasteiger partial charge on any atom is -0.356 e. The molecule has 1 aromatic carbocycles. The van der Waals surface area contributed by atoms with Crippen molar-refractivity contribution in [2.75, 3.05) is 0 Å². The highest BCUT2D eigenvalue weighted by atomic mass is 16.5. The molecule has 134 valence electrons. The van der Waals surface area contributed by atoms with Gasteiger partial charge in [-0.15, -0.1) is 0 Å². The van der Waals surface area contributed by atoms with Crippen molar-refractivity contribution < 1.29 is 9.32 Å². The summed E-state index contributed by atoms with van der Waals surface area (Å²) in [4.78, 5) is 24.2. The molecule has 0 unspecified atom stereocenters. The summed E-state index contributed by atoms with van der Waals surface area (Å²) in [5.74, 6) is -0.0532. The zero-order valence-corrected chi connectivity index (χ0v) is 14.3. The maximum absolute atomic E-state index is 12.4. The monoisotopic (exact) mass is 352 g/mol. The molecule has 7 heteroatoms. The topological polar surface area (TPSA) is 90.0 Å². The first-order valence-corrected chi connectivity index (χ1v) is 8.87. The summed E-state index contributed by atoms with van der Waals surface area (Å²) >= 11 is 0. The Morgan fingerprint density at radius 2 is 1.96 bits per heavy atom. The molecule has 1 aliphatic carbocycles. The van der Waals surface area contributed by atoms with Gasteiger partial charge < -0.3 is 9.84 Å². The summed E-state index contributed by atoms with van der Waals surface area (Å²) in [6.07, 6.45) is 5.16. The molecule has 1 fully saturated rings. The molecule has 0 saturated heterocycles. The van der Waals surface area contributed by atoms with Crippen LogP contribution in [0.2, 0.25) is 0 Å². The second-order valence-electron chi connectivity index (χ2n) is 6.68. The molecule has 3 aromatic rings. The van der Waals surface area contributed by atoms with Gasteiger partial charge in [-0.25, -0.2) is 4.68 Å². The zero-order valence-electron chi connectivity index (χ0n) is 14.3. The van der Waals surface area contributed by atoms with E-state index >= 15 is 0 Å². The molecule has 0 aliphatic heterocycles. The summed E-state index contributed by atoms with van der Waals surface area (Å²) in [5.41, 5.74) is 1.28. The molecule has 0 bridgehead atoms. The Morgan fingerprint density at radius 1 is 1.15 bits per heavy atom. The van der Waals surface area contributed by atoms with Crippen LogP contribution in [0.1, 0.15) is 37.4 Å². The third kappa shape index (κ3) is 3.37. The van der Waals surface area contributed by atoms with Crippen molar-refractivity contribution in [1.82, 2.24) is 20.3 Å². The van der Waals surface area contributed by atoms with Crippen LogP contribution in [0.15, 0.2) is 51.9 Å². The van der Waals surface area contributed by atoms with E-state index in [0.29, 0.717) is 11.3 Å². The molecule has 0 atom stereocenters. The van der Waals surface area contributed by atoms with E-state index in [1.165, 1.54) is 6.07 Å². The van der Waals surface area contributed by atoms with E-state index in [9.17, 15) is 9.59 Å². The Kier molecular flexibility index (Phi) is 4.51. The van der Waals surface area contributed by atoms with Crippen molar-refractivity contribution in [3.63, 3.8) is 0 Å². The molecule has 7 nitrogen and oxygen atoms in total. The lowest BCUT2D eigenvalue weighted by Crippen LogP contribution is -2.40. The van der Waals surface area contributed by atoms with E-state index in [2.05, 4.69) is 15.6 Å². The predicted molar refractivity (Wildman–Crippen MR) is 95.6 cm³/mol. The lowest BCUT2D eigenvalue weighted by Gasteiger charge is -2.29. The van der Waals surface area contributed by atoms with Crippen LogP contribution in [0.3, 0.4) is 0 Å². The van der Waals surface area contributed by atoms with Crippen LogP contribution in [0.25, 0.3) is 11.0 Å². The Labute approximate surface area is 150 Å². The first-order chi connectivity index (χ1) is 12.7. The SMILES string of the molecule is O=C(Cc1noc2ccccc12)NC1CCC(n2ncccc2=O)CC1. The summed E-state index contributed by atoms with van der Waals surface area (Å²) < 4.78 is 6.80. The average Bonchev–Trinajstić information content (AvgIpc) is 3.06. The Morgan fingerprint density at radius 3 is 2.77 bits per heavy atom. The molecule has 4 rings (SSSR count). The van der Waals surface area contributed by atoms with Crippen LogP contribution in [0.4, 0.5) is 0 Å². The molecular weight excluding hydrogens is 332 g/mol. The van der Waals surface area contributed by atoms with Crippen LogP contribution in [-0.2, 0) is 11.2 Å². The van der Waals surface area contributed by atoms with Crippen molar-refractivity contribution in [2.24, 2.45) is 0 Å². The van der Waals surface area contributed by atoms with Gasteiger partial charge in [0.2, 0.25) is 5.91 Å². The van der Waals surface area contributed by atoms with Crippen molar-refractivity contribution >= 4 is 16.9 Å². The number of carbonyl (C=O) groups excluding carboxylic acids is 1. The van der Waals surface area contributed by atoms with Crippen molar-refractivity contribution in [3.05, 3.63) is 58.6 Å². The smallest absolute Gasteiger partial charge is 0.266 e. The van der Waals surface area contributed by atoms with E-state index in [1.807, 2.05) is 24.3 Å². The van der Waals surface area contributed by atoms with E-state index in [4.69, 9.17) is 4.52 Å². The molecule has 0 radical (unpaired) electrons. The van der Waals surface area contributed by atoms with Crippen molar-refractivity contribution in [3.8, 4) is 0 Å². The number of hydrogen-bond acceptors (Lipinski definition) is 5. The van der Waals surface area contributed by atoms with Crippen LogP contribution in [0, 0.1) is 0 Å². The Balaban J connectivity index is 1.33. The van der Waals surface area contributed by atoms with E-state index in [0.717, 1.165) is 31.1 Å². The van der Waals surface area contributed by atoms with Crippen LogP contribution >= 0.6 is 0 Å². The standard InChI is InChI=1S/C19H20N4O3/c24-18(12-16-15-4-1-2-5-17(15)26-22-16)21-13-7-9-14(10-8-13)23-19(25)6-3-11-20-23/h1-6,11,13-14H,7-10,12H2,(H,21,24). The summed E-state index contributed by atoms with van der Waals surface area (Å²) in [6.45, 7) is 0. The number of amides is 1. The number of benzene rings is 1. The van der Waals surface area contributed by atoms with Crippen LogP contribution < -0.4 is 10.9 Å². The van der Waals surface area contributed by atoms with Gasteiger partial charge in [0.15, 0.2) is 5.58 Å². The van der Waals surface area contributed by atoms with Gasteiger partial charge in [-0.2, -0.15) is 5.10 Å². The first-order valence-electron chi connectivity index (χ1n) is 8.87. The number of nitrogens with zero attached hydrogens (tertiary/aromatic N) is 3. The third-order valence-corrected chi connectivity index (χ3v) is 4.93. The van der Waals surface area contributed by atoms with E-state index in [1.54, 1.807) is 16.9 Å². The highest BCUT2D eigenvalue weighted by Gasteiger charge is 2.25. The van der Waals surface area contributed by atoms with Gasteiger partial charge in [-0.05, 0) is 43.9 Å². The second kappa shape index (κ2) is 7.11. The fourth-order valence-corrected chi connectivity index (χ4v) is 3.60. The Hall–Kier alpha value is -2.96. The predicted octanol–water partition coefficient (Wildman–Crippen LogP) is 2.23. The number of fused-ring (bicyclic) bond motifs is 1. The minimum atomic E-state index is -0.0714. The molecular formula is C19H20N4O3. The number of para-hydroxylation sites is 1. The molecule has 0 spiro atoms. The Bertz CT molecular complexity index is 970. The molecule has 1 N–H and O–H groups in total. The van der Waals surface area contributed by atoms with Gasteiger partial charge in [-0.3, -0.25) is 9.59 Å². The van der Waals surface area contributed by atoms with Crippen LogP contribution in [0.5, 0.6) is 0 Å². The third-order valence-electron chi connectivity index (χ3n) is 4.93. The maximum Gasteiger partial charge on any atom is 0.266 e. The van der Waals surface area contributed by atoms with E-state index in [-0.39, 0.29) is 30.0 Å². The van der Waals surface area contributed by atoms with Gasteiger partial charge in [0.25, 0.3) is 5.56 Å². The van der Waals surface area contributed by atoms with Crippen LogP contribution in [-0.4, -0.2) is 26.9 Å². The summed E-state index contributed by atoms with van der Waals surface area (Å²) in [5, 5.41) is 12.1. The molecule has 2 aromatic heterocycles. The highest BCUT2D eigenvalue weighted by Crippen LogP contribution is 2.27. The lowest BCUT2D eigenvalue weighted by atomic mass is 9.91. The normalized spacial score (nSPS) is 20.2. The summed E-state index contributed by atoms with van der Waals surface area (Å²) in [7, 11) is 0. The van der Waals surface area contributed by atoms with E-state index < -0.39 is 0 Å².